The quantitative estimate of drug-likeness (QED) is 0.805. The molecule has 0 radical (unpaired) electrons. The van der Waals surface area contributed by atoms with Crippen LogP contribution in [0.25, 0.3) is 12.2 Å². The number of benzene rings is 1. The van der Waals surface area contributed by atoms with Gasteiger partial charge in [0.05, 0.1) is 17.3 Å². The molecule has 22 heavy (non-hydrogen) atoms. The Morgan fingerprint density at radius 2 is 2.14 bits per heavy atom. The van der Waals surface area contributed by atoms with Gasteiger partial charge in [0, 0.05) is 23.7 Å². The van der Waals surface area contributed by atoms with E-state index in [2.05, 4.69) is 10.1 Å². The van der Waals surface area contributed by atoms with Crippen LogP contribution < -0.4 is 0 Å². The Morgan fingerprint density at radius 3 is 2.91 bits per heavy atom. The fourth-order valence-corrected chi connectivity index (χ4v) is 2.02. The fourth-order valence-electron chi connectivity index (χ4n) is 2.02. The number of hydrogen-bond acceptors (Lipinski definition) is 3. The van der Waals surface area contributed by atoms with E-state index < -0.39 is 0 Å². The highest BCUT2D eigenvalue weighted by Crippen LogP contribution is 2.09. The van der Waals surface area contributed by atoms with Gasteiger partial charge in [-0.2, -0.15) is 10.4 Å². The van der Waals surface area contributed by atoms with Crippen LogP contribution in [0.4, 0.5) is 0 Å². The van der Waals surface area contributed by atoms with Crippen molar-refractivity contribution in [2.45, 2.75) is 0 Å². The summed E-state index contributed by atoms with van der Waals surface area (Å²) >= 11 is 0. The summed E-state index contributed by atoms with van der Waals surface area (Å²) in [6.07, 6.45) is 7.15. The van der Waals surface area contributed by atoms with Crippen molar-refractivity contribution in [3.63, 3.8) is 0 Å². The highest BCUT2D eigenvalue weighted by atomic mass is 16.2. The molecule has 1 N–H and O–H groups in total. The van der Waals surface area contributed by atoms with E-state index in [1.807, 2.05) is 36.6 Å². The van der Waals surface area contributed by atoms with E-state index in [0.717, 1.165) is 5.69 Å². The summed E-state index contributed by atoms with van der Waals surface area (Å²) in [4.78, 5) is 15.4. The van der Waals surface area contributed by atoms with Gasteiger partial charge in [-0.05, 0) is 48.6 Å². The summed E-state index contributed by atoms with van der Waals surface area (Å²) in [6, 6.07) is 14.2. The third-order valence-corrected chi connectivity index (χ3v) is 3.11. The molecule has 0 aliphatic rings. The van der Waals surface area contributed by atoms with Crippen LogP contribution in [0.15, 0.2) is 54.9 Å². The number of hydrogen-bond donors (Lipinski definition) is 1. The van der Waals surface area contributed by atoms with Crippen molar-refractivity contribution in [2.24, 2.45) is 0 Å². The maximum Gasteiger partial charge on any atom is 0.278 e. The largest absolute Gasteiger partial charge is 0.362 e. The van der Waals surface area contributed by atoms with Crippen LogP contribution >= 0.6 is 0 Å². The minimum absolute atomic E-state index is 0.267. The van der Waals surface area contributed by atoms with Crippen molar-refractivity contribution in [2.75, 3.05) is 0 Å². The predicted molar refractivity (Wildman–Crippen MR) is 82.8 cm³/mol. The highest BCUT2D eigenvalue weighted by Gasteiger charge is 2.10. The van der Waals surface area contributed by atoms with Gasteiger partial charge in [-0.25, -0.2) is 4.68 Å². The molecule has 0 saturated carbocycles. The van der Waals surface area contributed by atoms with Crippen molar-refractivity contribution < 1.29 is 4.79 Å². The SMILES string of the molecule is N#Cc1cccc(C(=O)n2ccc(/C=C/c3ccc[nH]3)n2)c1. The van der Waals surface area contributed by atoms with E-state index in [1.165, 1.54) is 4.68 Å². The van der Waals surface area contributed by atoms with E-state index in [4.69, 9.17) is 5.26 Å². The van der Waals surface area contributed by atoms with Gasteiger partial charge >= 0.3 is 0 Å². The Morgan fingerprint density at radius 1 is 1.23 bits per heavy atom. The van der Waals surface area contributed by atoms with Gasteiger partial charge in [-0.15, -0.1) is 0 Å². The molecule has 2 aromatic heterocycles. The molecule has 3 aromatic rings. The summed E-state index contributed by atoms with van der Waals surface area (Å²) in [5.41, 5.74) is 2.52. The molecule has 0 saturated heterocycles. The summed E-state index contributed by atoms with van der Waals surface area (Å²) in [5.74, 6) is -0.267. The minimum atomic E-state index is -0.267. The molecule has 0 aliphatic heterocycles. The molecule has 2 heterocycles. The van der Waals surface area contributed by atoms with E-state index >= 15 is 0 Å². The summed E-state index contributed by atoms with van der Waals surface area (Å²) in [5, 5.41) is 13.1. The number of carbonyl (C=O) groups excluding carboxylic acids is 1. The molecule has 0 bridgehead atoms. The lowest BCUT2D eigenvalue weighted by Gasteiger charge is -2.00. The third-order valence-electron chi connectivity index (χ3n) is 3.11. The van der Waals surface area contributed by atoms with E-state index in [0.29, 0.717) is 16.8 Å². The number of nitrogens with zero attached hydrogens (tertiary/aromatic N) is 3. The molecule has 106 valence electrons. The average Bonchev–Trinajstić information content (AvgIpc) is 3.23. The predicted octanol–water partition coefficient (Wildman–Crippen LogP) is 2.94. The van der Waals surface area contributed by atoms with Gasteiger partial charge in [0.1, 0.15) is 0 Å². The molecular weight excluding hydrogens is 276 g/mol. The van der Waals surface area contributed by atoms with Crippen molar-refractivity contribution in [3.05, 3.63) is 77.4 Å². The van der Waals surface area contributed by atoms with E-state index in [-0.39, 0.29) is 5.91 Å². The first-order valence-corrected chi connectivity index (χ1v) is 6.68. The molecule has 3 rings (SSSR count). The topological polar surface area (TPSA) is 74.5 Å². The van der Waals surface area contributed by atoms with Crippen LogP contribution in [-0.4, -0.2) is 20.7 Å². The second-order valence-electron chi connectivity index (χ2n) is 4.64. The summed E-state index contributed by atoms with van der Waals surface area (Å²) < 4.78 is 1.27. The maximum atomic E-state index is 12.3. The van der Waals surface area contributed by atoms with Gasteiger partial charge in [0.25, 0.3) is 5.91 Å². The average molecular weight is 288 g/mol. The van der Waals surface area contributed by atoms with Crippen LogP contribution in [0.3, 0.4) is 0 Å². The van der Waals surface area contributed by atoms with Crippen LogP contribution in [0.1, 0.15) is 27.3 Å². The molecule has 0 amide bonds. The summed E-state index contributed by atoms with van der Waals surface area (Å²) in [7, 11) is 0. The molecule has 5 heteroatoms. The zero-order valence-corrected chi connectivity index (χ0v) is 11.6. The molecule has 5 nitrogen and oxygen atoms in total. The van der Waals surface area contributed by atoms with Crippen LogP contribution in [0.2, 0.25) is 0 Å². The van der Waals surface area contributed by atoms with Gasteiger partial charge in [-0.3, -0.25) is 4.79 Å². The first-order valence-electron chi connectivity index (χ1n) is 6.68. The molecule has 1 aromatic carbocycles. The zero-order chi connectivity index (χ0) is 15.4. The van der Waals surface area contributed by atoms with E-state index in [9.17, 15) is 4.79 Å². The lowest BCUT2D eigenvalue weighted by molar-refractivity contribution is 0.0945. The number of rotatable bonds is 3. The van der Waals surface area contributed by atoms with Crippen LogP contribution in [0, 0.1) is 11.3 Å². The normalized spacial score (nSPS) is 10.7. The number of nitriles is 1. The molecule has 0 spiro atoms. The fraction of sp³-hybridized carbons (Fsp3) is 0. The van der Waals surface area contributed by atoms with Crippen molar-refractivity contribution in [1.29, 1.82) is 5.26 Å². The lowest BCUT2D eigenvalue weighted by Crippen LogP contribution is -2.12. The number of nitrogens with one attached hydrogen (secondary N) is 1. The first kappa shape index (κ1) is 13.6. The van der Waals surface area contributed by atoms with E-state index in [1.54, 1.807) is 36.5 Å². The number of aromatic amines is 1. The minimum Gasteiger partial charge on any atom is -0.362 e. The maximum absolute atomic E-state index is 12.3. The molecule has 0 aliphatic carbocycles. The Kier molecular flexibility index (Phi) is 3.67. The van der Waals surface area contributed by atoms with Gasteiger partial charge < -0.3 is 4.98 Å². The standard InChI is InChI=1S/C17H12N4O/c18-12-13-3-1-4-14(11-13)17(22)21-10-8-16(20-21)7-6-15-5-2-9-19-15/h1-11,19H/b7-6+. The van der Waals surface area contributed by atoms with Gasteiger partial charge in [0.2, 0.25) is 0 Å². The second-order valence-corrected chi connectivity index (χ2v) is 4.64. The van der Waals surface area contributed by atoms with Crippen LogP contribution in [-0.2, 0) is 0 Å². The highest BCUT2D eigenvalue weighted by molar-refractivity contribution is 5.95. The smallest absolute Gasteiger partial charge is 0.278 e. The van der Waals surface area contributed by atoms with Crippen LogP contribution in [0.5, 0.6) is 0 Å². The van der Waals surface area contributed by atoms with Crippen molar-refractivity contribution in [1.82, 2.24) is 14.8 Å². The molecule has 0 unspecified atom stereocenters. The van der Waals surface area contributed by atoms with Gasteiger partial charge in [-0.1, -0.05) is 6.07 Å². The number of H-pyrrole nitrogens is 1. The van der Waals surface area contributed by atoms with Crippen molar-refractivity contribution in [3.8, 4) is 6.07 Å². The summed E-state index contributed by atoms with van der Waals surface area (Å²) in [6.45, 7) is 0. The molecule has 0 fully saturated rings. The second kappa shape index (κ2) is 5.94. The molecular formula is C17H12N4O. The third kappa shape index (κ3) is 2.86. The zero-order valence-electron chi connectivity index (χ0n) is 11.6. The Hall–Kier alpha value is -3.39. The number of aromatic nitrogens is 3. The Bertz CT molecular complexity index is 866. The Balaban J connectivity index is 1.81. The number of carbonyl (C=O) groups is 1. The first-order chi connectivity index (χ1) is 10.8. The lowest BCUT2D eigenvalue weighted by atomic mass is 10.1. The Labute approximate surface area is 127 Å². The molecule has 0 atom stereocenters. The van der Waals surface area contributed by atoms with Crippen molar-refractivity contribution >= 4 is 18.1 Å². The van der Waals surface area contributed by atoms with Gasteiger partial charge in [0.15, 0.2) is 0 Å². The monoisotopic (exact) mass is 288 g/mol.